The van der Waals surface area contributed by atoms with Crippen molar-refractivity contribution in [3.8, 4) is 0 Å². The average molecular weight is 294 g/mol. The molecule has 1 aromatic carbocycles. The third-order valence-electron chi connectivity index (χ3n) is 3.02. The predicted octanol–water partition coefficient (Wildman–Crippen LogP) is 1.26. The Kier molecular flexibility index (Phi) is 4.11. The van der Waals surface area contributed by atoms with E-state index in [4.69, 9.17) is 0 Å². The minimum Gasteiger partial charge on any atom is -0.293 e. The summed E-state index contributed by atoms with van der Waals surface area (Å²) in [5, 5.41) is 0. The van der Waals surface area contributed by atoms with Crippen molar-refractivity contribution in [2.24, 2.45) is 0 Å². The van der Waals surface area contributed by atoms with Crippen LogP contribution in [0.25, 0.3) is 0 Å². The van der Waals surface area contributed by atoms with Gasteiger partial charge in [-0.2, -0.15) is 0 Å². The number of aromatic nitrogens is 2. The maximum atomic E-state index is 13.5. The summed E-state index contributed by atoms with van der Waals surface area (Å²) >= 11 is 0. The Labute approximate surface area is 117 Å². The largest absolute Gasteiger partial charge is 0.328 e. The Hall–Kier alpha value is -2.57. The first-order chi connectivity index (χ1) is 9.93. The number of benzene rings is 1. The van der Waals surface area contributed by atoms with E-state index in [1.807, 2.05) is 0 Å². The SMILES string of the molecule is CCc1cn(CC(=O)c2c(F)cccc2F)c(=O)[nH]c1=O. The molecule has 2 aromatic rings. The number of rotatable bonds is 4. The zero-order chi connectivity index (χ0) is 15.6. The van der Waals surface area contributed by atoms with Gasteiger partial charge in [-0.05, 0) is 18.6 Å². The highest BCUT2D eigenvalue weighted by atomic mass is 19.1. The molecular formula is C14H12F2N2O3. The molecule has 0 aliphatic heterocycles. The molecule has 5 nitrogen and oxygen atoms in total. The molecule has 0 aliphatic rings. The quantitative estimate of drug-likeness (QED) is 0.863. The summed E-state index contributed by atoms with van der Waals surface area (Å²) in [5.41, 5.74) is -1.74. The predicted molar refractivity (Wildman–Crippen MR) is 71.4 cm³/mol. The maximum absolute atomic E-state index is 13.5. The van der Waals surface area contributed by atoms with Crippen molar-refractivity contribution in [2.75, 3.05) is 0 Å². The van der Waals surface area contributed by atoms with Gasteiger partial charge in [-0.3, -0.25) is 19.1 Å². The first-order valence-electron chi connectivity index (χ1n) is 6.24. The summed E-state index contributed by atoms with van der Waals surface area (Å²) in [6.07, 6.45) is 1.58. The van der Waals surface area contributed by atoms with Crippen LogP contribution >= 0.6 is 0 Å². The number of nitrogens with zero attached hydrogens (tertiary/aromatic N) is 1. The number of carbonyl (C=O) groups excluding carboxylic acids is 1. The maximum Gasteiger partial charge on any atom is 0.328 e. The third-order valence-corrected chi connectivity index (χ3v) is 3.02. The van der Waals surface area contributed by atoms with E-state index in [1.54, 1.807) is 6.92 Å². The second-order valence-corrected chi connectivity index (χ2v) is 4.41. The van der Waals surface area contributed by atoms with Gasteiger partial charge in [0.25, 0.3) is 5.56 Å². The molecule has 0 atom stereocenters. The van der Waals surface area contributed by atoms with Crippen LogP contribution in [0.1, 0.15) is 22.8 Å². The number of Topliss-reactive ketones (excluding diaryl/α,β-unsaturated/α-hetero) is 1. The number of ketones is 1. The Morgan fingerprint density at radius 2 is 1.86 bits per heavy atom. The van der Waals surface area contributed by atoms with Crippen LogP contribution in [0.5, 0.6) is 0 Å². The van der Waals surface area contributed by atoms with Crippen molar-refractivity contribution in [1.29, 1.82) is 0 Å². The van der Waals surface area contributed by atoms with Crippen molar-refractivity contribution in [2.45, 2.75) is 19.9 Å². The van der Waals surface area contributed by atoms with Crippen molar-refractivity contribution in [1.82, 2.24) is 9.55 Å². The van der Waals surface area contributed by atoms with Gasteiger partial charge in [0.1, 0.15) is 11.6 Å². The first kappa shape index (κ1) is 14.8. The van der Waals surface area contributed by atoms with E-state index in [2.05, 4.69) is 4.98 Å². The zero-order valence-corrected chi connectivity index (χ0v) is 11.2. The number of hydrogen-bond donors (Lipinski definition) is 1. The number of aryl methyl sites for hydroxylation is 1. The highest BCUT2D eigenvalue weighted by Gasteiger charge is 2.18. The molecule has 110 valence electrons. The molecule has 0 fully saturated rings. The highest BCUT2D eigenvalue weighted by Crippen LogP contribution is 2.13. The van der Waals surface area contributed by atoms with Crippen LogP contribution in [-0.4, -0.2) is 15.3 Å². The molecule has 1 aromatic heterocycles. The minimum atomic E-state index is -0.992. The van der Waals surface area contributed by atoms with Crippen LogP contribution < -0.4 is 11.2 Å². The van der Waals surface area contributed by atoms with Gasteiger partial charge < -0.3 is 0 Å². The third kappa shape index (κ3) is 2.96. The van der Waals surface area contributed by atoms with E-state index < -0.39 is 40.8 Å². The lowest BCUT2D eigenvalue weighted by Gasteiger charge is -2.07. The van der Waals surface area contributed by atoms with Gasteiger partial charge in [0, 0.05) is 11.8 Å². The molecule has 0 radical (unpaired) electrons. The van der Waals surface area contributed by atoms with Crippen molar-refractivity contribution in [3.05, 3.63) is 68.0 Å². The molecule has 0 amide bonds. The molecule has 2 rings (SSSR count). The number of hydrogen-bond acceptors (Lipinski definition) is 3. The van der Waals surface area contributed by atoms with Gasteiger partial charge in [-0.25, -0.2) is 13.6 Å². The molecule has 0 saturated heterocycles. The van der Waals surface area contributed by atoms with Crippen molar-refractivity contribution >= 4 is 5.78 Å². The Bertz CT molecular complexity index is 788. The van der Waals surface area contributed by atoms with E-state index in [0.717, 1.165) is 22.8 Å². The van der Waals surface area contributed by atoms with Gasteiger partial charge in [0.15, 0.2) is 5.78 Å². The van der Waals surface area contributed by atoms with Crippen LogP contribution in [0.2, 0.25) is 0 Å². The second-order valence-electron chi connectivity index (χ2n) is 4.41. The molecule has 1 heterocycles. The van der Waals surface area contributed by atoms with E-state index in [-0.39, 0.29) is 0 Å². The molecular weight excluding hydrogens is 282 g/mol. The summed E-state index contributed by atoms with van der Waals surface area (Å²) in [6.45, 7) is 1.15. The average Bonchev–Trinajstić information content (AvgIpc) is 2.41. The number of aromatic amines is 1. The van der Waals surface area contributed by atoms with Gasteiger partial charge >= 0.3 is 5.69 Å². The van der Waals surface area contributed by atoms with Crippen LogP contribution in [0.15, 0.2) is 34.0 Å². The normalized spacial score (nSPS) is 10.6. The van der Waals surface area contributed by atoms with Crippen molar-refractivity contribution in [3.63, 3.8) is 0 Å². The Morgan fingerprint density at radius 3 is 2.43 bits per heavy atom. The van der Waals surface area contributed by atoms with E-state index >= 15 is 0 Å². The van der Waals surface area contributed by atoms with Gasteiger partial charge in [0.2, 0.25) is 0 Å². The van der Waals surface area contributed by atoms with Crippen LogP contribution in [0.3, 0.4) is 0 Å². The van der Waals surface area contributed by atoms with Crippen LogP contribution in [-0.2, 0) is 13.0 Å². The first-order valence-corrected chi connectivity index (χ1v) is 6.24. The molecule has 7 heteroatoms. The summed E-state index contributed by atoms with van der Waals surface area (Å²) in [5.74, 6) is -2.87. The van der Waals surface area contributed by atoms with Crippen LogP contribution in [0, 0.1) is 11.6 Å². The van der Waals surface area contributed by atoms with Gasteiger partial charge in [-0.15, -0.1) is 0 Å². The van der Waals surface area contributed by atoms with E-state index in [0.29, 0.717) is 12.0 Å². The summed E-state index contributed by atoms with van der Waals surface area (Å²) in [7, 11) is 0. The van der Waals surface area contributed by atoms with Crippen molar-refractivity contribution < 1.29 is 13.6 Å². The highest BCUT2D eigenvalue weighted by molar-refractivity contribution is 5.96. The lowest BCUT2D eigenvalue weighted by atomic mass is 10.1. The summed E-state index contributed by atoms with van der Waals surface area (Å²) in [6, 6.07) is 3.07. The molecule has 0 spiro atoms. The second kappa shape index (κ2) is 5.82. The fraction of sp³-hybridized carbons (Fsp3) is 0.214. The molecule has 21 heavy (non-hydrogen) atoms. The monoisotopic (exact) mass is 294 g/mol. The molecule has 0 saturated carbocycles. The summed E-state index contributed by atoms with van der Waals surface area (Å²) < 4.78 is 27.9. The molecule has 0 bridgehead atoms. The zero-order valence-electron chi connectivity index (χ0n) is 11.2. The van der Waals surface area contributed by atoms with E-state index in [1.165, 1.54) is 6.20 Å². The van der Waals surface area contributed by atoms with Crippen LogP contribution in [0.4, 0.5) is 8.78 Å². The topological polar surface area (TPSA) is 71.9 Å². The molecule has 0 aliphatic carbocycles. The lowest BCUT2D eigenvalue weighted by Crippen LogP contribution is -2.33. The summed E-state index contributed by atoms with van der Waals surface area (Å²) in [4.78, 5) is 37.0. The Morgan fingerprint density at radius 1 is 1.24 bits per heavy atom. The standard InChI is InChI=1S/C14H12F2N2O3/c1-2-8-6-18(14(21)17-13(8)20)7-11(19)12-9(15)4-3-5-10(12)16/h3-6H,2,7H2,1H3,(H,17,20,21). The number of halogens is 2. The fourth-order valence-electron chi connectivity index (χ4n) is 1.92. The van der Waals surface area contributed by atoms with Gasteiger partial charge in [0.05, 0.1) is 12.1 Å². The fourth-order valence-corrected chi connectivity index (χ4v) is 1.92. The lowest BCUT2D eigenvalue weighted by molar-refractivity contribution is 0.0962. The smallest absolute Gasteiger partial charge is 0.293 e. The number of H-pyrrole nitrogens is 1. The van der Waals surface area contributed by atoms with E-state index in [9.17, 15) is 23.2 Å². The minimum absolute atomic E-state index is 0.302. The number of carbonyl (C=O) groups is 1. The number of nitrogens with one attached hydrogen (secondary N) is 1. The molecule has 0 unspecified atom stereocenters. The molecule has 1 N–H and O–H groups in total. The van der Waals surface area contributed by atoms with Gasteiger partial charge in [-0.1, -0.05) is 13.0 Å². The Balaban J connectivity index is 2.41.